The second-order valence-corrected chi connectivity index (χ2v) is 4.45. The summed E-state index contributed by atoms with van der Waals surface area (Å²) >= 11 is 0. The van der Waals surface area contributed by atoms with Crippen LogP contribution >= 0.6 is 0 Å². The maximum absolute atomic E-state index is 13.6. The lowest BCUT2D eigenvalue weighted by molar-refractivity contribution is 0.521. The third-order valence-electron chi connectivity index (χ3n) is 3.07. The van der Waals surface area contributed by atoms with E-state index in [0.29, 0.717) is 18.4 Å². The van der Waals surface area contributed by atoms with Crippen LogP contribution in [0.15, 0.2) is 42.6 Å². The Morgan fingerprint density at radius 2 is 2.00 bits per heavy atom. The van der Waals surface area contributed by atoms with Gasteiger partial charge in [0.25, 0.3) is 0 Å². The molecule has 0 radical (unpaired) electrons. The van der Waals surface area contributed by atoms with Crippen LogP contribution in [-0.2, 0) is 12.8 Å². The molecule has 1 unspecified atom stereocenters. The summed E-state index contributed by atoms with van der Waals surface area (Å²) in [4.78, 5) is 4.25. The molecule has 0 aliphatic carbocycles. The van der Waals surface area contributed by atoms with Crippen molar-refractivity contribution in [1.82, 2.24) is 10.3 Å². The van der Waals surface area contributed by atoms with Crippen molar-refractivity contribution in [3.8, 4) is 0 Å². The summed E-state index contributed by atoms with van der Waals surface area (Å²) in [6.07, 6.45) is 2.94. The molecule has 0 fully saturated rings. The lowest BCUT2D eigenvalue weighted by Gasteiger charge is -2.16. The van der Waals surface area contributed by atoms with Crippen LogP contribution in [-0.4, -0.2) is 18.1 Å². The lowest BCUT2D eigenvalue weighted by atomic mass is 10.0. The number of halogens is 2. The fourth-order valence-corrected chi connectivity index (χ4v) is 2.00. The number of hydrogen-bond acceptors (Lipinski definition) is 2. The molecule has 2 nitrogen and oxygen atoms in total. The molecule has 1 heterocycles. The Kier molecular flexibility index (Phi) is 4.58. The monoisotopic (exact) mass is 262 g/mol. The van der Waals surface area contributed by atoms with Gasteiger partial charge in [0.2, 0.25) is 0 Å². The Balaban J connectivity index is 2.06. The largest absolute Gasteiger partial charge is 0.316 e. The minimum Gasteiger partial charge on any atom is -0.316 e. The molecule has 2 rings (SSSR count). The van der Waals surface area contributed by atoms with E-state index in [2.05, 4.69) is 10.3 Å². The first-order valence-corrected chi connectivity index (χ1v) is 6.20. The molecule has 0 spiro atoms. The quantitative estimate of drug-likeness (QED) is 0.896. The number of benzene rings is 1. The number of likely N-dealkylation sites (N-methyl/N-ethyl adjacent to an activating group) is 1. The molecule has 19 heavy (non-hydrogen) atoms. The first kappa shape index (κ1) is 13.6. The van der Waals surface area contributed by atoms with Gasteiger partial charge < -0.3 is 5.32 Å². The van der Waals surface area contributed by atoms with E-state index in [0.717, 1.165) is 11.8 Å². The highest BCUT2D eigenvalue weighted by atomic mass is 19.1. The van der Waals surface area contributed by atoms with Crippen LogP contribution < -0.4 is 5.32 Å². The number of nitrogens with one attached hydrogen (secondary N) is 1. The highest BCUT2D eigenvalue weighted by Crippen LogP contribution is 2.13. The lowest BCUT2D eigenvalue weighted by Crippen LogP contribution is -2.30. The van der Waals surface area contributed by atoms with Gasteiger partial charge in [-0.3, -0.25) is 4.98 Å². The molecule has 0 aliphatic heterocycles. The molecule has 0 saturated heterocycles. The highest BCUT2D eigenvalue weighted by Gasteiger charge is 2.12. The highest BCUT2D eigenvalue weighted by molar-refractivity contribution is 5.20. The smallest absolute Gasteiger partial charge is 0.129 e. The van der Waals surface area contributed by atoms with Crippen molar-refractivity contribution in [1.29, 1.82) is 0 Å². The van der Waals surface area contributed by atoms with E-state index in [4.69, 9.17) is 0 Å². The predicted octanol–water partition coefficient (Wildman–Crippen LogP) is 2.73. The van der Waals surface area contributed by atoms with Crippen molar-refractivity contribution in [3.05, 3.63) is 65.5 Å². The van der Waals surface area contributed by atoms with Gasteiger partial charge in [-0.2, -0.15) is 0 Å². The number of hydrogen-bond donors (Lipinski definition) is 1. The van der Waals surface area contributed by atoms with Crippen molar-refractivity contribution >= 4 is 0 Å². The van der Waals surface area contributed by atoms with Crippen LogP contribution in [0, 0.1) is 11.6 Å². The van der Waals surface area contributed by atoms with Crippen molar-refractivity contribution in [3.63, 3.8) is 0 Å². The van der Waals surface area contributed by atoms with E-state index in [1.165, 1.54) is 12.1 Å². The molecular formula is C15H16F2N2. The molecule has 1 aromatic carbocycles. The molecule has 100 valence electrons. The number of rotatable bonds is 5. The summed E-state index contributed by atoms with van der Waals surface area (Å²) in [5.74, 6) is -1.05. The summed E-state index contributed by atoms with van der Waals surface area (Å²) in [5, 5.41) is 3.14. The summed E-state index contributed by atoms with van der Waals surface area (Å²) < 4.78 is 26.5. The normalized spacial score (nSPS) is 12.4. The third kappa shape index (κ3) is 3.83. The van der Waals surface area contributed by atoms with Crippen LogP contribution in [0.4, 0.5) is 8.78 Å². The van der Waals surface area contributed by atoms with Crippen molar-refractivity contribution in [2.75, 3.05) is 7.05 Å². The topological polar surface area (TPSA) is 24.9 Å². The van der Waals surface area contributed by atoms with Gasteiger partial charge in [0, 0.05) is 30.4 Å². The van der Waals surface area contributed by atoms with E-state index in [9.17, 15) is 8.78 Å². The summed E-state index contributed by atoms with van der Waals surface area (Å²) in [6.45, 7) is 0. The van der Waals surface area contributed by atoms with Gasteiger partial charge in [0.15, 0.2) is 0 Å². The van der Waals surface area contributed by atoms with E-state index in [1.807, 2.05) is 25.2 Å². The zero-order chi connectivity index (χ0) is 13.7. The average molecular weight is 262 g/mol. The Morgan fingerprint density at radius 1 is 1.16 bits per heavy atom. The molecular weight excluding hydrogens is 246 g/mol. The van der Waals surface area contributed by atoms with E-state index < -0.39 is 11.6 Å². The molecule has 4 heteroatoms. The van der Waals surface area contributed by atoms with Gasteiger partial charge in [-0.05, 0) is 37.2 Å². The fourth-order valence-electron chi connectivity index (χ4n) is 2.00. The Labute approximate surface area is 111 Å². The molecule has 1 aromatic heterocycles. The third-order valence-corrected chi connectivity index (χ3v) is 3.07. The number of pyridine rings is 1. The molecule has 0 bridgehead atoms. The van der Waals surface area contributed by atoms with Gasteiger partial charge in [0.1, 0.15) is 11.6 Å². The standard InChI is InChI=1S/C15H16F2N2/c1-18-14(10-13-4-2-3-7-19-13)8-11-5-6-12(16)9-15(11)17/h2-7,9,14,18H,8,10H2,1H3. The summed E-state index contributed by atoms with van der Waals surface area (Å²) in [7, 11) is 1.83. The maximum atomic E-state index is 13.6. The van der Waals surface area contributed by atoms with Crippen molar-refractivity contribution in [2.45, 2.75) is 18.9 Å². The Hall–Kier alpha value is -1.81. The first-order chi connectivity index (χ1) is 9.19. The molecule has 1 N–H and O–H groups in total. The SMILES string of the molecule is CNC(Cc1ccccn1)Cc1ccc(F)cc1F. The molecule has 2 aromatic rings. The van der Waals surface area contributed by atoms with E-state index in [1.54, 1.807) is 6.20 Å². The van der Waals surface area contributed by atoms with Crippen LogP contribution in [0.5, 0.6) is 0 Å². The van der Waals surface area contributed by atoms with Crippen LogP contribution in [0.1, 0.15) is 11.3 Å². The second-order valence-electron chi connectivity index (χ2n) is 4.45. The molecule has 0 saturated carbocycles. The average Bonchev–Trinajstić information content (AvgIpc) is 2.42. The van der Waals surface area contributed by atoms with Crippen LogP contribution in [0.2, 0.25) is 0 Å². The molecule has 0 amide bonds. The van der Waals surface area contributed by atoms with E-state index in [-0.39, 0.29) is 6.04 Å². The van der Waals surface area contributed by atoms with Gasteiger partial charge in [0.05, 0.1) is 0 Å². The van der Waals surface area contributed by atoms with Gasteiger partial charge in [-0.1, -0.05) is 12.1 Å². The van der Waals surface area contributed by atoms with Crippen molar-refractivity contribution < 1.29 is 8.78 Å². The van der Waals surface area contributed by atoms with Crippen LogP contribution in [0.25, 0.3) is 0 Å². The Morgan fingerprint density at radius 3 is 2.63 bits per heavy atom. The zero-order valence-electron chi connectivity index (χ0n) is 10.7. The number of aromatic nitrogens is 1. The predicted molar refractivity (Wildman–Crippen MR) is 70.9 cm³/mol. The molecule has 0 aliphatic rings. The minimum atomic E-state index is -0.549. The molecule has 1 atom stereocenters. The van der Waals surface area contributed by atoms with Crippen molar-refractivity contribution in [2.24, 2.45) is 0 Å². The summed E-state index contributed by atoms with van der Waals surface area (Å²) in [6, 6.07) is 9.48. The first-order valence-electron chi connectivity index (χ1n) is 6.20. The van der Waals surface area contributed by atoms with Crippen LogP contribution in [0.3, 0.4) is 0 Å². The van der Waals surface area contributed by atoms with E-state index >= 15 is 0 Å². The van der Waals surface area contributed by atoms with Gasteiger partial charge >= 0.3 is 0 Å². The fraction of sp³-hybridized carbons (Fsp3) is 0.267. The second kappa shape index (κ2) is 6.38. The Bertz CT molecular complexity index is 529. The zero-order valence-corrected chi connectivity index (χ0v) is 10.7. The minimum absolute atomic E-state index is 0.0647. The summed E-state index contributed by atoms with van der Waals surface area (Å²) in [5.41, 5.74) is 1.46. The van der Waals surface area contributed by atoms with Gasteiger partial charge in [-0.15, -0.1) is 0 Å². The number of nitrogens with zero attached hydrogens (tertiary/aromatic N) is 1. The van der Waals surface area contributed by atoms with Gasteiger partial charge in [-0.25, -0.2) is 8.78 Å². The maximum Gasteiger partial charge on any atom is 0.129 e.